The van der Waals surface area contributed by atoms with Crippen LogP contribution in [-0.2, 0) is 12.1 Å². The molecule has 4 aromatic heterocycles. The number of furan rings is 1. The number of aliphatic hydroxyl groups is 1. The topological polar surface area (TPSA) is 104 Å². The first kappa shape index (κ1) is 23.4. The fourth-order valence-electron chi connectivity index (χ4n) is 4.68. The molecule has 0 saturated carbocycles. The van der Waals surface area contributed by atoms with Crippen molar-refractivity contribution in [3.63, 3.8) is 0 Å². The molecule has 0 bridgehead atoms. The lowest BCUT2D eigenvalue weighted by molar-refractivity contribution is 0.0578. The summed E-state index contributed by atoms with van der Waals surface area (Å²) in [5.41, 5.74) is 2.67. The number of nitrogens with zero attached hydrogens (tertiary/aromatic N) is 6. The van der Waals surface area contributed by atoms with Gasteiger partial charge in [0.25, 0.3) is 0 Å². The molecule has 1 aliphatic heterocycles. The molecule has 0 atom stereocenters. The van der Waals surface area contributed by atoms with Crippen molar-refractivity contribution in [3.05, 3.63) is 54.9 Å². The number of ether oxygens (including phenoxy) is 1. The standard InChI is InChI=1S/C27H27FN6O3/c1-26(2)9-10-36-25-19(12-31-34(25)26)21-11-18-23(29-15-30-24(18)37-21)20-13-33(14-27(3,4)35)32-22(20)16-5-7-17(28)8-6-16/h5-8,11-13,15,35H,9-10,14H2,1-4H3. The minimum Gasteiger partial charge on any atom is -0.477 e. The quantitative estimate of drug-likeness (QED) is 0.359. The van der Waals surface area contributed by atoms with Crippen molar-refractivity contribution in [1.29, 1.82) is 0 Å². The number of halogens is 1. The Labute approximate surface area is 212 Å². The summed E-state index contributed by atoms with van der Waals surface area (Å²) in [5, 5.41) is 20.4. The van der Waals surface area contributed by atoms with Crippen LogP contribution in [0.5, 0.6) is 5.88 Å². The molecule has 5 aromatic rings. The number of benzene rings is 1. The van der Waals surface area contributed by atoms with Gasteiger partial charge in [0.05, 0.1) is 47.1 Å². The molecule has 37 heavy (non-hydrogen) atoms. The van der Waals surface area contributed by atoms with Gasteiger partial charge in [-0.05, 0) is 58.0 Å². The second kappa shape index (κ2) is 8.24. The zero-order chi connectivity index (χ0) is 25.9. The molecule has 1 aliphatic rings. The predicted octanol–water partition coefficient (Wildman–Crippen LogP) is 5.04. The van der Waals surface area contributed by atoms with E-state index in [0.29, 0.717) is 46.3 Å². The Morgan fingerprint density at radius 2 is 1.89 bits per heavy atom. The van der Waals surface area contributed by atoms with Gasteiger partial charge in [-0.3, -0.25) is 4.68 Å². The smallest absolute Gasteiger partial charge is 0.230 e. The molecule has 0 spiro atoms. The Kier molecular flexibility index (Phi) is 5.20. The van der Waals surface area contributed by atoms with E-state index in [1.165, 1.54) is 18.5 Å². The third-order valence-corrected chi connectivity index (χ3v) is 6.53. The fourth-order valence-corrected chi connectivity index (χ4v) is 4.68. The summed E-state index contributed by atoms with van der Waals surface area (Å²) in [6.07, 6.45) is 5.88. The van der Waals surface area contributed by atoms with E-state index in [0.717, 1.165) is 17.5 Å². The predicted molar refractivity (Wildman–Crippen MR) is 135 cm³/mol. The van der Waals surface area contributed by atoms with Gasteiger partial charge in [0.15, 0.2) is 0 Å². The number of hydrogen-bond donors (Lipinski definition) is 1. The Hall–Kier alpha value is -4.05. The van der Waals surface area contributed by atoms with Crippen LogP contribution in [0.3, 0.4) is 0 Å². The van der Waals surface area contributed by atoms with Crippen LogP contribution in [0.4, 0.5) is 4.39 Å². The molecule has 0 saturated heterocycles. The molecule has 9 nitrogen and oxygen atoms in total. The average Bonchev–Trinajstić information content (AvgIpc) is 3.54. The van der Waals surface area contributed by atoms with Gasteiger partial charge in [0.2, 0.25) is 11.6 Å². The van der Waals surface area contributed by atoms with E-state index in [1.807, 2.05) is 16.9 Å². The molecule has 0 aliphatic carbocycles. The number of hydrogen-bond acceptors (Lipinski definition) is 7. The van der Waals surface area contributed by atoms with E-state index in [4.69, 9.17) is 14.3 Å². The maximum Gasteiger partial charge on any atom is 0.230 e. The van der Waals surface area contributed by atoms with Crippen molar-refractivity contribution in [2.75, 3.05) is 6.61 Å². The van der Waals surface area contributed by atoms with Gasteiger partial charge in [0, 0.05) is 23.7 Å². The molecule has 190 valence electrons. The van der Waals surface area contributed by atoms with Crippen LogP contribution in [0, 0.1) is 5.82 Å². The first-order valence-electron chi connectivity index (χ1n) is 12.1. The fraction of sp³-hybridized carbons (Fsp3) is 0.333. The second-order valence-electron chi connectivity index (χ2n) is 10.6. The lowest BCUT2D eigenvalue weighted by atomic mass is 10.0. The summed E-state index contributed by atoms with van der Waals surface area (Å²) in [4.78, 5) is 8.94. The highest BCUT2D eigenvalue weighted by Crippen LogP contribution is 2.41. The van der Waals surface area contributed by atoms with Gasteiger partial charge in [-0.1, -0.05) is 0 Å². The molecule has 0 unspecified atom stereocenters. The minimum atomic E-state index is -0.984. The third-order valence-electron chi connectivity index (χ3n) is 6.53. The Balaban J connectivity index is 1.50. The van der Waals surface area contributed by atoms with Crippen molar-refractivity contribution in [2.24, 2.45) is 0 Å². The van der Waals surface area contributed by atoms with E-state index in [9.17, 15) is 9.50 Å². The normalized spacial score (nSPS) is 15.1. The SMILES string of the molecule is CC(C)(O)Cn1cc(-c2ncnc3oc(-c4cnn5c4OCCC5(C)C)cc23)c(-c2ccc(F)cc2)n1. The van der Waals surface area contributed by atoms with E-state index < -0.39 is 5.60 Å². The van der Waals surface area contributed by atoms with Crippen LogP contribution in [0.2, 0.25) is 0 Å². The molecule has 6 rings (SSSR count). The van der Waals surface area contributed by atoms with Crippen molar-refractivity contribution < 1.29 is 18.7 Å². The van der Waals surface area contributed by atoms with Gasteiger partial charge in [-0.25, -0.2) is 19.0 Å². The molecule has 1 aromatic carbocycles. The van der Waals surface area contributed by atoms with Gasteiger partial charge in [-0.2, -0.15) is 10.2 Å². The van der Waals surface area contributed by atoms with Crippen molar-refractivity contribution >= 4 is 11.1 Å². The Morgan fingerprint density at radius 1 is 1.11 bits per heavy atom. The zero-order valence-corrected chi connectivity index (χ0v) is 21.1. The Morgan fingerprint density at radius 3 is 2.65 bits per heavy atom. The first-order chi connectivity index (χ1) is 17.6. The van der Waals surface area contributed by atoms with Crippen LogP contribution < -0.4 is 4.74 Å². The van der Waals surface area contributed by atoms with E-state index >= 15 is 0 Å². The summed E-state index contributed by atoms with van der Waals surface area (Å²) in [6.45, 7) is 8.54. The number of aromatic nitrogens is 6. The third kappa shape index (κ3) is 4.17. The lowest BCUT2D eigenvalue weighted by Crippen LogP contribution is -2.34. The molecule has 0 radical (unpaired) electrons. The zero-order valence-electron chi connectivity index (χ0n) is 21.1. The maximum absolute atomic E-state index is 13.7. The van der Waals surface area contributed by atoms with Crippen LogP contribution in [0.15, 0.2) is 53.5 Å². The van der Waals surface area contributed by atoms with Gasteiger partial charge >= 0.3 is 0 Å². The monoisotopic (exact) mass is 502 g/mol. The molecule has 0 amide bonds. The summed E-state index contributed by atoms with van der Waals surface area (Å²) in [6, 6.07) is 8.02. The van der Waals surface area contributed by atoms with Crippen molar-refractivity contribution in [1.82, 2.24) is 29.5 Å². The van der Waals surface area contributed by atoms with Crippen LogP contribution >= 0.6 is 0 Å². The van der Waals surface area contributed by atoms with Gasteiger partial charge in [-0.15, -0.1) is 0 Å². The average molecular weight is 503 g/mol. The lowest BCUT2D eigenvalue weighted by Gasteiger charge is -2.31. The van der Waals surface area contributed by atoms with E-state index in [2.05, 4.69) is 28.9 Å². The molecule has 1 N–H and O–H groups in total. The molecular weight excluding hydrogens is 475 g/mol. The van der Waals surface area contributed by atoms with E-state index in [1.54, 1.807) is 36.9 Å². The highest BCUT2D eigenvalue weighted by molar-refractivity contribution is 5.96. The van der Waals surface area contributed by atoms with E-state index in [-0.39, 0.29) is 17.9 Å². The summed E-state index contributed by atoms with van der Waals surface area (Å²) in [5.74, 6) is 0.901. The van der Waals surface area contributed by atoms with Crippen molar-refractivity contribution in [2.45, 2.75) is 51.8 Å². The van der Waals surface area contributed by atoms with Crippen LogP contribution in [0.1, 0.15) is 34.1 Å². The van der Waals surface area contributed by atoms with Crippen LogP contribution in [0.25, 0.3) is 44.9 Å². The summed E-state index contributed by atoms with van der Waals surface area (Å²) < 4.78 is 29.3. The number of fused-ring (bicyclic) bond motifs is 2. The molecule has 0 fully saturated rings. The molecular formula is C27H27FN6O3. The largest absolute Gasteiger partial charge is 0.477 e. The highest BCUT2D eigenvalue weighted by atomic mass is 19.1. The van der Waals surface area contributed by atoms with Gasteiger partial charge < -0.3 is 14.3 Å². The Bertz CT molecular complexity index is 1610. The second-order valence-corrected chi connectivity index (χ2v) is 10.6. The van der Waals surface area contributed by atoms with Crippen LogP contribution in [-0.4, -0.2) is 46.8 Å². The summed E-state index contributed by atoms with van der Waals surface area (Å²) in [7, 11) is 0. The molecule has 10 heteroatoms. The van der Waals surface area contributed by atoms with Gasteiger partial charge in [0.1, 0.15) is 23.6 Å². The minimum absolute atomic E-state index is 0.165. The molecule has 5 heterocycles. The number of rotatable bonds is 5. The first-order valence-corrected chi connectivity index (χ1v) is 12.1. The summed E-state index contributed by atoms with van der Waals surface area (Å²) >= 11 is 0. The highest BCUT2D eigenvalue weighted by Gasteiger charge is 2.32. The van der Waals surface area contributed by atoms with Crippen molar-refractivity contribution in [3.8, 4) is 39.7 Å². The maximum atomic E-state index is 13.7.